The van der Waals surface area contributed by atoms with Crippen LogP contribution in [0.25, 0.3) is 0 Å². The fraction of sp³-hybridized carbons (Fsp3) is 0.312. The van der Waals surface area contributed by atoms with Gasteiger partial charge in [-0.05, 0) is 55.3 Å². The lowest BCUT2D eigenvalue weighted by molar-refractivity contribution is -0.141. The lowest BCUT2D eigenvalue weighted by Gasteiger charge is -2.49. The molecule has 208 valence electrons. The van der Waals surface area contributed by atoms with Gasteiger partial charge in [0.15, 0.2) is 11.6 Å². The molecule has 0 spiro atoms. The standard InChI is InChI=1S/C32H27FN2O5S/c1-32-23(29(38)35(31(32)40)17-7-3-2-4-8-17)15-22-19(26(32)21-10-5-11-24(33)27(21)36)12-13-20-25(22)30(39)34(28(20)37)16-18-9-6-14-41-18/h2-12,14,20,22-23,25-26,36H,13,15-16H2,1H3. The number of phenolic OH excluding ortho intramolecular Hbond substituents is 1. The van der Waals surface area contributed by atoms with Crippen LogP contribution < -0.4 is 4.90 Å². The Morgan fingerprint density at radius 2 is 1.73 bits per heavy atom. The molecule has 4 amide bonds. The summed E-state index contributed by atoms with van der Waals surface area (Å²) in [5.74, 6) is -6.22. The third-order valence-electron chi connectivity index (χ3n) is 9.60. The Bertz CT molecular complexity index is 1640. The zero-order chi connectivity index (χ0) is 28.6. The second-order valence-electron chi connectivity index (χ2n) is 11.5. The average molecular weight is 571 g/mol. The van der Waals surface area contributed by atoms with E-state index in [9.17, 15) is 28.7 Å². The summed E-state index contributed by atoms with van der Waals surface area (Å²) in [6.07, 6.45) is 2.39. The molecule has 2 aliphatic carbocycles. The summed E-state index contributed by atoms with van der Waals surface area (Å²) in [7, 11) is 0. The summed E-state index contributed by atoms with van der Waals surface area (Å²) in [5, 5.41) is 12.8. The molecule has 6 unspecified atom stereocenters. The number of imide groups is 2. The Balaban J connectivity index is 1.36. The zero-order valence-corrected chi connectivity index (χ0v) is 23.0. The number of hydrogen-bond acceptors (Lipinski definition) is 6. The van der Waals surface area contributed by atoms with Gasteiger partial charge in [-0.2, -0.15) is 0 Å². The van der Waals surface area contributed by atoms with E-state index in [2.05, 4.69) is 0 Å². The summed E-state index contributed by atoms with van der Waals surface area (Å²) in [5.41, 5.74) is 0.0102. The van der Waals surface area contributed by atoms with Crippen LogP contribution in [0.5, 0.6) is 5.75 Å². The minimum Gasteiger partial charge on any atom is -0.505 e. The highest BCUT2D eigenvalue weighted by atomic mass is 32.1. The van der Waals surface area contributed by atoms with E-state index in [0.29, 0.717) is 17.7 Å². The van der Waals surface area contributed by atoms with Crippen molar-refractivity contribution >= 4 is 40.7 Å². The molecule has 3 heterocycles. The van der Waals surface area contributed by atoms with E-state index in [0.717, 1.165) is 10.9 Å². The molecule has 2 aliphatic heterocycles. The molecule has 0 bridgehead atoms. The predicted molar refractivity (Wildman–Crippen MR) is 149 cm³/mol. The number of hydrogen-bond donors (Lipinski definition) is 1. The van der Waals surface area contributed by atoms with E-state index >= 15 is 0 Å². The van der Waals surface area contributed by atoms with Crippen molar-refractivity contribution in [1.29, 1.82) is 0 Å². The van der Waals surface area contributed by atoms with Gasteiger partial charge in [0.25, 0.3) is 0 Å². The average Bonchev–Trinajstić information content (AvgIpc) is 3.62. The van der Waals surface area contributed by atoms with Crippen molar-refractivity contribution in [1.82, 2.24) is 4.90 Å². The molecule has 2 aromatic carbocycles. The SMILES string of the molecule is CC12C(=O)N(c3ccccc3)C(=O)C1CC1C(=CCC3C(=O)N(Cc4cccs4)C(=O)C31)C2c1cccc(F)c1O. The molecule has 1 N–H and O–H groups in total. The van der Waals surface area contributed by atoms with E-state index in [1.807, 2.05) is 23.6 Å². The maximum absolute atomic E-state index is 14.8. The summed E-state index contributed by atoms with van der Waals surface area (Å²) in [4.78, 5) is 59.2. The number of thiophene rings is 1. The summed E-state index contributed by atoms with van der Waals surface area (Å²) >= 11 is 1.47. The first-order chi connectivity index (χ1) is 19.7. The second kappa shape index (κ2) is 9.21. The first kappa shape index (κ1) is 25.8. The van der Waals surface area contributed by atoms with Gasteiger partial charge in [-0.3, -0.25) is 24.1 Å². The molecule has 3 fully saturated rings. The Labute approximate surface area is 239 Å². The highest BCUT2D eigenvalue weighted by molar-refractivity contribution is 7.09. The number of allylic oxidation sites excluding steroid dienone is 2. The van der Waals surface area contributed by atoms with Crippen molar-refractivity contribution in [3.63, 3.8) is 0 Å². The number of aromatic hydroxyl groups is 1. The molecule has 2 saturated heterocycles. The summed E-state index contributed by atoms with van der Waals surface area (Å²) in [6, 6.07) is 16.6. The van der Waals surface area contributed by atoms with Gasteiger partial charge in [-0.1, -0.05) is 48.0 Å². The molecule has 3 aromatic rings. The van der Waals surface area contributed by atoms with Gasteiger partial charge in [-0.15, -0.1) is 11.3 Å². The normalized spacial score (nSPS) is 30.8. The molecular formula is C32H27FN2O5S. The lowest BCUT2D eigenvalue weighted by Crippen LogP contribution is -2.48. The van der Waals surface area contributed by atoms with Gasteiger partial charge in [0, 0.05) is 16.4 Å². The second-order valence-corrected chi connectivity index (χ2v) is 12.5. The van der Waals surface area contributed by atoms with E-state index in [4.69, 9.17) is 0 Å². The first-order valence-corrected chi connectivity index (χ1v) is 14.6. The van der Waals surface area contributed by atoms with Crippen molar-refractivity contribution < 1.29 is 28.7 Å². The van der Waals surface area contributed by atoms with Gasteiger partial charge in [0.1, 0.15) is 0 Å². The fourth-order valence-electron chi connectivity index (χ4n) is 7.73. The molecule has 41 heavy (non-hydrogen) atoms. The van der Waals surface area contributed by atoms with Crippen molar-refractivity contribution in [2.24, 2.45) is 29.1 Å². The van der Waals surface area contributed by atoms with E-state index in [1.165, 1.54) is 27.2 Å². The largest absolute Gasteiger partial charge is 0.505 e. The number of carbonyl (C=O) groups is 4. The summed E-state index contributed by atoms with van der Waals surface area (Å²) in [6.45, 7) is 1.91. The summed E-state index contributed by atoms with van der Waals surface area (Å²) < 4.78 is 14.8. The van der Waals surface area contributed by atoms with Gasteiger partial charge < -0.3 is 5.11 Å². The van der Waals surface area contributed by atoms with E-state index in [-0.39, 0.29) is 30.3 Å². The van der Waals surface area contributed by atoms with Crippen molar-refractivity contribution in [3.05, 3.63) is 94.0 Å². The third kappa shape index (κ3) is 3.54. The highest BCUT2D eigenvalue weighted by Gasteiger charge is 2.67. The molecule has 4 aliphatic rings. The molecule has 7 rings (SSSR count). The number of carbonyl (C=O) groups excluding carboxylic acids is 4. The van der Waals surface area contributed by atoms with Crippen LogP contribution in [0.2, 0.25) is 0 Å². The van der Waals surface area contributed by atoms with Crippen molar-refractivity contribution in [3.8, 4) is 5.75 Å². The predicted octanol–water partition coefficient (Wildman–Crippen LogP) is 5.02. The minimum atomic E-state index is -1.34. The maximum Gasteiger partial charge on any atom is 0.241 e. The number of benzene rings is 2. The van der Waals surface area contributed by atoms with Crippen LogP contribution in [0, 0.1) is 34.9 Å². The monoisotopic (exact) mass is 570 g/mol. The Morgan fingerprint density at radius 3 is 2.46 bits per heavy atom. The molecule has 6 atom stereocenters. The zero-order valence-electron chi connectivity index (χ0n) is 22.2. The quantitative estimate of drug-likeness (QED) is 0.351. The molecule has 1 saturated carbocycles. The van der Waals surface area contributed by atoms with Gasteiger partial charge in [-0.25, -0.2) is 9.29 Å². The number of likely N-dealkylation sites (tertiary alicyclic amines) is 1. The topological polar surface area (TPSA) is 95.0 Å². The van der Waals surface area contributed by atoms with Gasteiger partial charge in [0.2, 0.25) is 23.6 Å². The number of halogens is 1. The van der Waals surface area contributed by atoms with E-state index < -0.39 is 58.4 Å². The number of anilines is 1. The number of amides is 4. The van der Waals surface area contributed by atoms with Gasteiger partial charge >= 0.3 is 0 Å². The third-order valence-corrected chi connectivity index (χ3v) is 10.5. The number of para-hydroxylation sites is 2. The van der Waals surface area contributed by atoms with E-state index in [1.54, 1.807) is 43.3 Å². The molecule has 7 nitrogen and oxygen atoms in total. The Hall–Kier alpha value is -4.11. The van der Waals surface area contributed by atoms with Crippen molar-refractivity contribution in [2.75, 3.05) is 4.90 Å². The maximum atomic E-state index is 14.8. The number of phenols is 1. The number of fused-ring (bicyclic) bond motifs is 4. The van der Waals surface area contributed by atoms with Crippen LogP contribution in [0.15, 0.2) is 77.7 Å². The minimum absolute atomic E-state index is 0.193. The van der Waals surface area contributed by atoms with Crippen LogP contribution >= 0.6 is 11.3 Å². The van der Waals surface area contributed by atoms with Crippen LogP contribution in [-0.2, 0) is 25.7 Å². The van der Waals surface area contributed by atoms with Gasteiger partial charge in [0.05, 0.1) is 35.4 Å². The van der Waals surface area contributed by atoms with Crippen LogP contribution in [0.3, 0.4) is 0 Å². The Morgan fingerprint density at radius 1 is 0.951 bits per heavy atom. The smallest absolute Gasteiger partial charge is 0.241 e. The molecule has 0 radical (unpaired) electrons. The number of rotatable bonds is 4. The fourth-order valence-corrected chi connectivity index (χ4v) is 8.42. The first-order valence-electron chi connectivity index (χ1n) is 13.7. The lowest BCUT2D eigenvalue weighted by atomic mass is 9.51. The molecular weight excluding hydrogens is 543 g/mol. The van der Waals surface area contributed by atoms with Crippen LogP contribution in [0.4, 0.5) is 10.1 Å². The molecule has 9 heteroatoms. The molecule has 1 aromatic heterocycles. The Kier molecular flexibility index (Phi) is 5.80. The van der Waals surface area contributed by atoms with Crippen LogP contribution in [-0.4, -0.2) is 33.6 Å². The highest BCUT2D eigenvalue weighted by Crippen LogP contribution is 2.64. The van der Waals surface area contributed by atoms with Crippen LogP contribution in [0.1, 0.15) is 36.1 Å². The number of nitrogens with zero attached hydrogens (tertiary/aromatic N) is 2. The van der Waals surface area contributed by atoms with Crippen molar-refractivity contribution in [2.45, 2.75) is 32.2 Å².